The zero-order valence-electron chi connectivity index (χ0n) is 12.4. The molecule has 0 saturated carbocycles. The molecule has 7 heteroatoms. The van der Waals surface area contributed by atoms with Crippen molar-refractivity contribution in [2.24, 2.45) is 5.92 Å². The highest BCUT2D eigenvalue weighted by Crippen LogP contribution is 2.17. The third-order valence-corrected chi connectivity index (χ3v) is 5.85. The first kappa shape index (κ1) is 17.4. The van der Waals surface area contributed by atoms with E-state index in [9.17, 15) is 17.6 Å². The number of hydrogen-bond donors (Lipinski definition) is 2. The highest BCUT2D eigenvalue weighted by Gasteiger charge is 2.24. The van der Waals surface area contributed by atoms with Gasteiger partial charge in [-0.05, 0) is 31.0 Å². The molecule has 1 unspecified atom stereocenters. The second-order valence-corrected chi connectivity index (χ2v) is 7.83. The maximum Gasteiger partial charge on any atom is 0.225 e. The van der Waals surface area contributed by atoms with Crippen molar-refractivity contribution in [3.63, 3.8) is 0 Å². The van der Waals surface area contributed by atoms with Gasteiger partial charge in [-0.2, -0.15) is 0 Å². The Bertz CT molecular complexity index is 615. The van der Waals surface area contributed by atoms with E-state index < -0.39 is 26.8 Å². The molecule has 0 aromatic heterocycles. The van der Waals surface area contributed by atoms with Crippen molar-refractivity contribution in [2.75, 3.05) is 16.8 Å². The van der Waals surface area contributed by atoms with Crippen molar-refractivity contribution in [3.8, 4) is 0 Å². The molecule has 1 atom stereocenters. The van der Waals surface area contributed by atoms with Crippen LogP contribution in [-0.4, -0.2) is 25.3 Å². The molecule has 0 saturated heterocycles. The van der Waals surface area contributed by atoms with Gasteiger partial charge in [0.25, 0.3) is 0 Å². The summed E-state index contributed by atoms with van der Waals surface area (Å²) in [5, 5.41) is 2.01. The molecule has 0 bridgehead atoms. The monoisotopic (exact) mass is 316 g/mol. The number of rotatable bonds is 6. The molecule has 0 aliphatic heterocycles. The molecule has 3 N–H and O–H groups in total. The van der Waals surface area contributed by atoms with Crippen LogP contribution in [0.4, 0.5) is 15.8 Å². The fraction of sp³-hybridized carbons (Fsp3) is 0.500. The molecule has 1 amide bonds. The van der Waals surface area contributed by atoms with E-state index in [4.69, 9.17) is 5.73 Å². The van der Waals surface area contributed by atoms with Crippen molar-refractivity contribution in [1.82, 2.24) is 0 Å². The number of hydrogen-bond acceptors (Lipinski definition) is 4. The normalized spacial score (nSPS) is 13.2. The Hall–Kier alpha value is -1.63. The van der Waals surface area contributed by atoms with E-state index in [1.165, 1.54) is 12.1 Å². The molecule has 0 aliphatic carbocycles. The lowest BCUT2D eigenvalue weighted by Gasteiger charge is -2.16. The smallest absolute Gasteiger partial charge is 0.225 e. The number of carbonyl (C=O) groups is 1. The van der Waals surface area contributed by atoms with Crippen LogP contribution in [0, 0.1) is 11.7 Å². The average molecular weight is 316 g/mol. The fourth-order valence-corrected chi connectivity index (χ4v) is 3.35. The van der Waals surface area contributed by atoms with Crippen molar-refractivity contribution >= 4 is 27.1 Å². The van der Waals surface area contributed by atoms with Crippen LogP contribution in [0.3, 0.4) is 0 Å². The molecule has 1 rings (SSSR count). The lowest BCUT2D eigenvalue weighted by Crippen LogP contribution is -2.28. The summed E-state index contributed by atoms with van der Waals surface area (Å²) in [5.41, 5.74) is 5.66. The average Bonchev–Trinajstić information content (AvgIpc) is 2.40. The zero-order chi connectivity index (χ0) is 16.2. The number of benzene rings is 1. The first-order chi connectivity index (χ1) is 9.63. The first-order valence-corrected chi connectivity index (χ1v) is 8.41. The van der Waals surface area contributed by atoms with Crippen LogP contribution >= 0.6 is 0 Å². The van der Waals surface area contributed by atoms with Crippen LogP contribution in [0.2, 0.25) is 0 Å². The lowest BCUT2D eigenvalue weighted by atomic mass is 10.2. The molecule has 0 radical (unpaired) electrons. The summed E-state index contributed by atoms with van der Waals surface area (Å²) in [6, 6.07) is 3.80. The summed E-state index contributed by atoms with van der Waals surface area (Å²) >= 11 is 0. The summed E-state index contributed by atoms with van der Waals surface area (Å²) < 4.78 is 36.9. The van der Waals surface area contributed by atoms with Crippen LogP contribution in [0.1, 0.15) is 27.2 Å². The molecular formula is C14H21FN2O3S. The van der Waals surface area contributed by atoms with Gasteiger partial charge in [-0.25, -0.2) is 12.8 Å². The van der Waals surface area contributed by atoms with Crippen molar-refractivity contribution in [2.45, 2.75) is 32.4 Å². The van der Waals surface area contributed by atoms with Crippen LogP contribution < -0.4 is 11.1 Å². The third-order valence-electron chi connectivity index (χ3n) is 3.40. The topological polar surface area (TPSA) is 89.3 Å². The second-order valence-electron chi connectivity index (χ2n) is 5.35. The molecule has 0 fully saturated rings. The SMILES string of the molecule is CC(C)C(C)S(=O)(=O)CCC(=O)Nc1ccc(F)c(N)c1. The van der Waals surface area contributed by atoms with E-state index in [2.05, 4.69) is 5.32 Å². The van der Waals surface area contributed by atoms with E-state index in [0.717, 1.165) is 6.07 Å². The van der Waals surface area contributed by atoms with E-state index in [1.807, 2.05) is 13.8 Å². The highest BCUT2D eigenvalue weighted by atomic mass is 32.2. The molecule has 21 heavy (non-hydrogen) atoms. The summed E-state index contributed by atoms with van der Waals surface area (Å²) in [4.78, 5) is 11.7. The highest BCUT2D eigenvalue weighted by molar-refractivity contribution is 7.92. The Labute approximate surface area is 124 Å². The summed E-state index contributed by atoms with van der Waals surface area (Å²) in [6.45, 7) is 5.28. The number of nitrogens with two attached hydrogens (primary N) is 1. The quantitative estimate of drug-likeness (QED) is 0.787. The van der Waals surface area contributed by atoms with Crippen molar-refractivity contribution in [3.05, 3.63) is 24.0 Å². The maximum absolute atomic E-state index is 13.0. The summed E-state index contributed by atoms with van der Waals surface area (Å²) in [7, 11) is -3.31. The largest absolute Gasteiger partial charge is 0.396 e. The van der Waals surface area contributed by atoms with Crippen LogP contribution in [0.25, 0.3) is 0 Å². The van der Waals surface area contributed by atoms with Gasteiger partial charge in [0.2, 0.25) is 5.91 Å². The maximum atomic E-state index is 13.0. The van der Waals surface area contributed by atoms with Gasteiger partial charge in [0, 0.05) is 12.1 Å². The number of halogens is 1. The van der Waals surface area contributed by atoms with E-state index in [-0.39, 0.29) is 23.8 Å². The van der Waals surface area contributed by atoms with Crippen molar-refractivity contribution in [1.29, 1.82) is 0 Å². The number of carbonyl (C=O) groups excluding carboxylic acids is 1. The predicted molar refractivity (Wildman–Crippen MR) is 82.1 cm³/mol. The zero-order valence-corrected chi connectivity index (χ0v) is 13.2. The number of nitrogens with one attached hydrogen (secondary N) is 1. The van der Waals surface area contributed by atoms with Gasteiger partial charge in [-0.15, -0.1) is 0 Å². The molecule has 1 aromatic carbocycles. The van der Waals surface area contributed by atoms with Gasteiger partial charge < -0.3 is 11.1 Å². The molecule has 0 aliphatic rings. The number of anilines is 2. The van der Waals surface area contributed by atoms with E-state index in [0.29, 0.717) is 5.69 Å². The Balaban J connectivity index is 2.60. The summed E-state index contributed by atoms with van der Waals surface area (Å²) in [6.07, 6.45) is -0.142. The molecular weight excluding hydrogens is 295 g/mol. The number of nitrogen functional groups attached to an aromatic ring is 1. The molecule has 0 heterocycles. The summed E-state index contributed by atoms with van der Waals surface area (Å²) in [5.74, 6) is -1.23. The third kappa shape index (κ3) is 5.00. The predicted octanol–water partition coefficient (Wildman–Crippen LogP) is 2.20. The minimum atomic E-state index is -3.31. The second kappa shape index (κ2) is 6.89. The van der Waals surface area contributed by atoms with Gasteiger partial charge in [0.1, 0.15) is 5.82 Å². The standard InChI is InChI=1S/C14H21FN2O3S/c1-9(2)10(3)21(19,20)7-6-14(18)17-11-4-5-12(15)13(16)8-11/h4-5,8-10H,6-7,16H2,1-3H3,(H,17,18). The van der Waals surface area contributed by atoms with Gasteiger partial charge in [-0.3, -0.25) is 4.79 Å². The Morgan fingerprint density at radius 1 is 1.33 bits per heavy atom. The Morgan fingerprint density at radius 2 is 1.95 bits per heavy atom. The molecule has 1 aromatic rings. The van der Waals surface area contributed by atoms with Gasteiger partial charge in [0.05, 0.1) is 16.7 Å². The van der Waals surface area contributed by atoms with Crippen LogP contribution in [-0.2, 0) is 14.6 Å². The van der Waals surface area contributed by atoms with Gasteiger partial charge in [-0.1, -0.05) is 13.8 Å². The first-order valence-electron chi connectivity index (χ1n) is 6.70. The number of amides is 1. The molecule has 0 spiro atoms. The van der Waals surface area contributed by atoms with E-state index in [1.54, 1.807) is 6.92 Å². The van der Waals surface area contributed by atoms with Gasteiger partial charge >= 0.3 is 0 Å². The Morgan fingerprint density at radius 3 is 2.48 bits per heavy atom. The minimum Gasteiger partial charge on any atom is -0.396 e. The van der Waals surface area contributed by atoms with Crippen LogP contribution in [0.5, 0.6) is 0 Å². The van der Waals surface area contributed by atoms with Gasteiger partial charge in [0.15, 0.2) is 9.84 Å². The van der Waals surface area contributed by atoms with Crippen LogP contribution in [0.15, 0.2) is 18.2 Å². The van der Waals surface area contributed by atoms with Crippen molar-refractivity contribution < 1.29 is 17.6 Å². The lowest BCUT2D eigenvalue weighted by molar-refractivity contribution is -0.115. The fourth-order valence-electron chi connectivity index (χ4n) is 1.68. The number of sulfone groups is 1. The Kier molecular flexibility index (Phi) is 5.71. The molecule has 118 valence electrons. The van der Waals surface area contributed by atoms with E-state index >= 15 is 0 Å². The minimum absolute atomic E-state index is 0.00467. The molecule has 5 nitrogen and oxygen atoms in total.